The lowest BCUT2D eigenvalue weighted by Crippen LogP contribution is -2.34. The van der Waals surface area contributed by atoms with Gasteiger partial charge < -0.3 is 4.90 Å². The molecule has 1 atom stereocenters. The van der Waals surface area contributed by atoms with Crippen molar-refractivity contribution in [1.29, 1.82) is 0 Å². The van der Waals surface area contributed by atoms with Crippen LogP contribution in [0.25, 0.3) is 0 Å². The van der Waals surface area contributed by atoms with Crippen molar-refractivity contribution in [3.63, 3.8) is 0 Å². The van der Waals surface area contributed by atoms with Crippen LogP contribution in [0.4, 0.5) is 0 Å². The minimum Gasteiger partial charge on any atom is -0.356 e. The van der Waals surface area contributed by atoms with Crippen molar-refractivity contribution in [3.8, 4) is 0 Å². The van der Waals surface area contributed by atoms with Crippen LogP contribution in [-0.2, 0) is 0 Å². The van der Waals surface area contributed by atoms with Gasteiger partial charge in [0.2, 0.25) is 0 Å². The Morgan fingerprint density at radius 3 is 3.36 bits per heavy atom. The first-order chi connectivity index (χ1) is 5.27. The smallest absolute Gasteiger partial charge is 0.116 e. The van der Waals surface area contributed by atoms with Crippen LogP contribution in [0.15, 0.2) is 22.9 Å². The fourth-order valence-electron chi connectivity index (χ4n) is 1.57. The summed E-state index contributed by atoms with van der Waals surface area (Å²) in [5.74, 6) is 0. The number of allylic oxidation sites excluding steroid dienone is 2. The van der Waals surface area contributed by atoms with Crippen LogP contribution in [0.3, 0.4) is 0 Å². The van der Waals surface area contributed by atoms with Gasteiger partial charge in [-0.05, 0) is 18.6 Å². The monoisotopic (exact) mass is 170 g/mol. The van der Waals surface area contributed by atoms with Crippen LogP contribution in [0.2, 0.25) is 0 Å². The largest absolute Gasteiger partial charge is 0.356 e. The number of hydrogen-bond donors (Lipinski definition) is 1. The van der Waals surface area contributed by atoms with E-state index in [0.717, 1.165) is 18.1 Å². The number of nitrogens with zero attached hydrogens (tertiary/aromatic N) is 1. The average Bonchev–Trinajstić information content (AvgIpc) is 2.34. The summed E-state index contributed by atoms with van der Waals surface area (Å²) in [7, 11) is 0. The Balaban J connectivity index is 2.28. The van der Waals surface area contributed by atoms with Gasteiger partial charge in [-0.2, -0.15) is 0 Å². The van der Waals surface area contributed by atoms with E-state index in [0.29, 0.717) is 0 Å². The minimum atomic E-state index is 0.250. The summed E-state index contributed by atoms with van der Waals surface area (Å²) < 4.78 is 0. The van der Waals surface area contributed by atoms with Gasteiger partial charge in [-0.3, -0.25) is 5.32 Å². The van der Waals surface area contributed by atoms with Crippen molar-refractivity contribution in [1.82, 2.24) is 10.2 Å². The maximum Gasteiger partial charge on any atom is 0.116 e. The summed E-state index contributed by atoms with van der Waals surface area (Å²) in [6.07, 6.45) is 4.41. The Bertz CT molecular complexity index is 232. The van der Waals surface area contributed by atoms with Crippen LogP contribution < -0.4 is 5.32 Å². The van der Waals surface area contributed by atoms with Gasteiger partial charge in [0, 0.05) is 19.3 Å². The molecular formula is C8H11ClN2. The third-order valence-corrected chi connectivity index (χ3v) is 2.35. The molecule has 60 valence electrons. The van der Waals surface area contributed by atoms with Crippen molar-refractivity contribution in [2.45, 2.75) is 13.1 Å². The lowest BCUT2D eigenvalue weighted by Gasteiger charge is -2.25. The van der Waals surface area contributed by atoms with Gasteiger partial charge in [-0.1, -0.05) is 11.6 Å². The second-order valence-corrected chi connectivity index (χ2v) is 3.43. The molecule has 2 rings (SSSR count). The van der Waals surface area contributed by atoms with E-state index in [4.69, 9.17) is 11.6 Å². The van der Waals surface area contributed by atoms with Gasteiger partial charge in [0.25, 0.3) is 0 Å². The number of fused-ring (bicyclic) bond motifs is 1. The molecule has 0 aromatic heterocycles. The van der Waals surface area contributed by atoms with Crippen LogP contribution in [-0.4, -0.2) is 24.2 Å². The number of rotatable bonds is 0. The van der Waals surface area contributed by atoms with Crippen molar-refractivity contribution in [2.24, 2.45) is 0 Å². The maximum atomic E-state index is 6.03. The SMILES string of the molecule is CC1=CN2CCNC2C(Cl)=C1. The highest BCUT2D eigenvalue weighted by atomic mass is 35.5. The molecule has 1 N–H and O–H groups in total. The van der Waals surface area contributed by atoms with Crippen molar-refractivity contribution < 1.29 is 0 Å². The highest BCUT2D eigenvalue weighted by Gasteiger charge is 2.26. The zero-order chi connectivity index (χ0) is 7.84. The summed E-state index contributed by atoms with van der Waals surface area (Å²) in [5, 5.41) is 4.22. The summed E-state index contributed by atoms with van der Waals surface area (Å²) in [6, 6.07) is 0. The molecule has 0 amide bonds. The summed E-state index contributed by atoms with van der Waals surface area (Å²) in [6.45, 7) is 4.15. The van der Waals surface area contributed by atoms with Gasteiger partial charge in [-0.15, -0.1) is 0 Å². The molecule has 0 aromatic carbocycles. The Kier molecular flexibility index (Phi) is 1.66. The second kappa shape index (κ2) is 2.54. The molecule has 3 heteroatoms. The predicted molar refractivity (Wildman–Crippen MR) is 46.2 cm³/mol. The molecule has 0 spiro atoms. The zero-order valence-electron chi connectivity index (χ0n) is 6.47. The van der Waals surface area contributed by atoms with Gasteiger partial charge in [-0.25, -0.2) is 0 Å². The van der Waals surface area contributed by atoms with Gasteiger partial charge >= 0.3 is 0 Å². The molecule has 0 radical (unpaired) electrons. The summed E-state index contributed by atoms with van der Waals surface area (Å²) in [4.78, 5) is 2.23. The molecule has 2 nitrogen and oxygen atoms in total. The molecule has 1 unspecified atom stereocenters. The van der Waals surface area contributed by atoms with E-state index in [1.54, 1.807) is 0 Å². The normalized spacial score (nSPS) is 29.6. The van der Waals surface area contributed by atoms with Crippen molar-refractivity contribution >= 4 is 11.6 Å². The van der Waals surface area contributed by atoms with E-state index in [1.165, 1.54) is 5.57 Å². The lowest BCUT2D eigenvalue weighted by atomic mass is 10.2. The lowest BCUT2D eigenvalue weighted by molar-refractivity contribution is 0.373. The number of nitrogens with one attached hydrogen (secondary N) is 1. The van der Waals surface area contributed by atoms with Crippen LogP contribution in [0.1, 0.15) is 6.92 Å². The van der Waals surface area contributed by atoms with E-state index >= 15 is 0 Å². The standard InChI is InChI=1S/C8H11ClN2/c1-6-4-7(9)8-10-2-3-11(8)5-6/h4-5,8,10H,2-3H2,1H3. The average molecular weight is 171 g/mol. The molecule has 2 aliphatic rings. The zero-order valence-corrected chi connectivity index (χ0v) is 7.23. The highest BCUT2D eigenvalue weighted by Crippen LogP contribution is 2.23. The highest BCUT2D eigenvalue weighted by molar-refractivity contribution is 6.30. The summed E-state index contributed by atoms with van der Waals surface area (Å²) >= 11 is 6.03. The molecule has 2 aliphatic heterocycles. The van der Waals surface area contributed by atoms with Gasteiger partial charge in [0.15, 0.2) is 0 Å². The predicted octanol–water partition coefficient (Wildman–Crippen LogP) is 1.26. The quantitative estimate of drug-likeness (QED) is 0.589. The van der Waals surface area contributed by atoms with E-state index in [-0.39, 0.29) is 6.17 Å². The third-order valence-electron chi connectivity index (χ3n) is 2.04. The summed E-state index contributed by atoms with van der Waals surface area (Å²) in [5.41, 5.74) is 1.23. The molecule has 0 bridgehead atoms. The van der Waals surface area contributed by atoms with E-state index in [9.17, 15) is 0 Å². The fraction of sp³-hybridized carbons (Fsp3) is 0.500. The Hall–Kier alpha value is -0.470. The molecule has 0 aromatic rings. The molecular weight excluding hydrogens is 160 g/mol. The first-order valence-corrected chi connectivity index (χ1v) is 4.20. The molecule has 0 aliphatic carbocycles. The van der Waals surface area contributed by atoms with Crippen LogP contribution in [0.5, 0.6) is 0 Å². The first kappa shape index (κ1) is 7.19. The van der Waals surface area contributed by atoms with E-state index < -0.39 is 0 Å². The number of halogens is 1. The molecule has 11 heavy (non-hydrogen) atoms. The molecule has 2 heterocycles. The van der Waals surface area contributed by atoms with Gasteiger partial charge in [0.05, 0.1) is 5.03 Å². The van der Waals surface area contributed by atoms with Crippen molar-refractivity contribution in [3.05, 3.63) is 22.9 Å². The van der Waals surface area contributed by atoms with Crippen LogP contribution >= 0.6 is 11.6 Å². The van der Waals surface area contributed by atoms with E-state index in [1.807, 2.05) is 6.08 Å². The minimum absolute atomic E-state index is 0.250. The Morgan fingerprint density at radius 1 is 1.73 bits per heavy atom. The maximum absolute atomic E-state index is 6.03. The molecule has 1 saturated heterocycles. The number of hydrogen-bond acceptors (Lipinski definition) is 2. The Morgan fingerprint density at radius 2 is 2.55 bits per heavy atom. The molecule has 1 fully saturated rings. The first-order valence-electron chi connectivity index (χ1n) is 3.82. The third kappa shape index (κ3) is 1.17. The van der Waals surface area contributed by atoms with Crippen molar-refractivity contribution in [2.75, 3.05) is 13.1 Å². The topological polar surface area (TPSA) is 15.3 Å². The Labute approximate surface area is 71.5 Å². The molecule has 0 saturated carbocycles. The van der Waals surface area contributed by atoms with E-state index in [2.05, 4.69) is 23.3 Å². The van der Waals surface area contributed by atoms with Crippen LogP contribution in [0, 0.1) is 0 Å². The second-order valence-electron chi connectivity index (χ2n) is 3.00. The van der Waals surface area contributed by atoms with Gasteiger partial charge in [0.1, 0.15) is 6.17 Å². The fourth-order valence-corrected chi connectivity index (χ4v) is 1.94.